The van der Waals surface area contributed by atoms with Crippen molar-refractivity contribution >= 4 is 45.9 Å². The molecular weight excluding hydrogens is 412 g/mol. The van der Waals surface area contributed by atoms with E-state index in [1.165, 1.54) is 37.1 Å². The number of hydrogen-bond donors (Lipinski definition) is 1. The van der Waals surface area contributed by atoms with E-state index in [-0.39, 0.29) is 17.6 Å². The van der Waals surface area contributed by atoms with E-state index in [1.54, 1.807) is 12.0 Å². The number of carbonyl (C=O) groups excluding carboxylic acids is 3. The van der Waals surface area contributed by atoms with Crippen LogP contribution in [0.4, 0.5) is 5.00 Å². The zero-order chi connectivity index (χ0) is 21.0. The van der Waals surface area contributed by atoms with Gasteiger partial charge in [0.1, 0.15) is 10.8 Å². The monoisotopic (exact) mass is 434 g/mol. The van der Waals surface area contributed by atoms with E-state index in [1.807, 2.05) is 24.3 Å². The SMILES string of the molecule is COC(=O)c1c(NC(=O)CSc2ccc(OC)cc2)sc2c1CCN(C(C)=O)C2. The zero-order valence-electron chi connectivity index (χ0n) is 16.4. The molecule has 2 aromatic rings. The van der Waals surface area contributed by atoms with Gasteiger partial charge in [0.05, 0.1) is 32.1 Å². The smallest absolute Gasteiger partial charge is 0.341 e. The molecule has 7 nitrogen and oxygen atoms in total. The molecule has 29 heavy (non-hydrogen) atoms. The number of thiophene rings is 1. The van der Waals surface area contributed by atoms with E-state index in [4.69, 9.17) is 9.47 Å². The van der Waals surface area contributed by atoms with Crippen LogP contribution < -0.4 is 10.1 Å². The number of methoxy groups -OCH3 is 2. The molecule has 0 aliphatic carbocycles. The number of nitrogens with zero attached hydrogens (tertiary/aromatic N) is 1. The van der Waals surface area contributed by atoms with Gasteiger partial charge in [-0.05, 0) is 36.2 Å². The zero-order valence-corrected chi connectivity index (χ0v) is 18.1. The van der Waals surface area contributed by atoms with Gasteiger partial charge in [-0.2, -0.15) is 0 Å². The van der Waals surface area contributed by atoms with E-state index >= 15 is 0 Å². The Morgan fingerprint density at radius 3 is 2.55 bits per heavy atom. The van der Waals surface area contributed by atoms with Crippen LogP contribution in [-0.4, -0.2) is 49.2 Å². The summed E-state index contributed by atoms with van der Waals surface area (Å²) in [5.41, 5.74) is 1.26. The molecule has 9 heteroatoms. The van der Waals surface area contributed by atoms with Crippen LogP contribution >= 0.6 is 23.1 Å². The largest absolute Gasteiger partial charge is 0.497 e. The molecule has 0 saturated heterocycles. The van der Waals surface area contributed by atoms with E-state index < -0.39 is 5.97 Å². The molecule has 0 spiro atoms. The summed E-state index contributed by atoms with van der Waals surface area (Å²) in [5.74, 6) is 0.264. The van der Waals surface area contributed by atoms with Gasteiger partial charge >= 0.3 is 5.97 Å². The Labute approximate surface area is 177 Å². The maximum absolute atomic E-state index is 12.5. The number of anilines is 1. The third kappa shape index (κ3) is 4.91. The average Bonchev–Trinajstić information content (AvgIpc) is 3.08. The van der Waals surface area contributed by atoms with Gasteiger partial charge in [0.15, 0.2) is 0 Å². The second-order valence-electron chi connectivity index (χ2n) is 6.40. The Bertz CT molecular complexity index is 924. The molecule has 0 saturated carbocycles. The summed E-state index contributed by atoms with van der Waals surface area (Å²) in [6.45, 7) is 2.51. The van der Waals surface area contributed by atoms with Gasteiger partial charge in [-0.3, -0.25) is 9.59 Å². The number of fused-ring (bicyclic) bond motifs is 1. The molecule has 1 aromatic carbocycles. The third-order valence-electron chi connectivity index (χ3n) is 4.57. The van der Waals surface area contributed by atoms with Gasteiger partial charge in [-0.1, -0.05) is 0 Å². The van der Waals surface area contributed by atoms with E-state index in [0.717, 1.165) is 21.1 Å². The number of benzene rings is 1. The molecule has 154 valence electrons. The van der Waals surface area contributed by atoms with Crippen LogP contribution in [0.5, 0.6) is 5.75 Å². The predicted octanol–water partition coefficient (Wildman–Crippen LogP) is 3.18. The van der Waals surface area contributed by atoms with E-state index in [0.29, 0.717) is 30.1 Å². The molecule has 2 heterocycles. The lowest BCUT2D eigenvalue weighted by molar-refractivity contribution is -0.129. The van der Waals surface area contributed by atoms with Crippen molar-refractivity contribution in [1.29, 1.82) is 0 Å². The number of carbonyl (C=O) groups is 3. The van der Waals surface area contributed by atoms with Crippen molar-refractivity contribution in [3.63, 3.8) is 0 Å². The van der Waals surface area contributed by atoms with Crippen molar-refractivity contribution < 1.29 is 23.9 Å². The maximum atomic E-state index is 12.5. The fourth-order valence-electron chi connectivity index (χ4n) is 3.06. The van der Waals surface area contributed by atoms with Crippen molar-refractivity contribution in [1.82, 2.24) is 4.90 Å². The number of esters is 1. The summed E-state index contributed by atoms with van der Waals surface area (Å²) >= 11 is 2.72. The Morgan fingerprint density at radius 2 is 1.93 bits per heavy atom. The fraction of sp³-hybridized carbons (Fsp3) is 0.350. The second kappa shape index (κ2) is 9.32. The predicted molar refractivity (Wildman–Crippen MR) is 113 cm³/mol. The number of amides is 2. The first-order valence-electron chi connectivity index (χ1n) is 8.98. The lowest BCUT2D eigenvalue weighted by Crippen LogP contribution is -2.33. The van der Waals surface area contributed by atoms with Crippen LogP contribution in [-0.2, 0) is 27.3 Å². The van der Waals surface area contributed by atoms with Crippen LogP contribution in [0.25, 0.3) is 0 Å². The molecular formula is C20H22N2O5S2. The topological polar surface area (TPSA) is 84.9 Å². The number of nitrogens with one attached hydrogen (secondary N) is 1. The van der Waals surface area contributed by atoms with E-state index in [9.17, 15) is 14.4 Å². The first-order chi connectivity index (χ1) is 13.9. The summed E-state index contributed by atoms with van der Waals surface area (Å²) in [4.78, 5) is 40.1. The molecule has 1 aromatic heterocycles. The van der Waals surface area contributed by atoms with Gasteiger partial charge in [0.2, 0.25) is 11.8 Å². The summed E-state index contributed by atoms with van der Waals surface area (Å²) in [6.07, 6.45) is 0.562. The number of hydrogen-bond acceptors (Lipinski definition) is 7. The van der Waals surface area contributed by atoms with Crippen LogP contribution in [0.1, 0.15) is 27.7 Å². The second-order valence-corrected chi connectivity index (χ2v) is 8.56. The standard InChI is InChI=1S/C20H22N2O5S2/c1-12(23)22-9-8-15-16(10-22)29-19(18(15)20(25)27-3)21-17(24)11-28-14-6-4-13(26-2)5-7-14/h4-7H,8-11H2,1-3H3,(H,21,24). The van der Waals surface area contributed by atoms with Crippen LogP contribution in [0.15, 0.2) is 29.2 Å². The fourth-order valence-corrected chi connectivity index (χ4v) is 5.03. The lowest BCUT2D eigenvalue weighted by Gasteiger charge is -2.25. The minimum Gasteiger partial charge on any atom is -0.497 e. The van der Waals surface area contributed by atoms with Gasteiger partial charge in [0.25, 0.3) is 0 Å². The highest BCUT2D eigenvalue weighted by Crippen LogP contribution is 2.37. The van der Waals surface area contributed by atoms with Crippen molar-refractivity contribution in [3.8, 4) is 5.75 Å². The first-order valence-corrected chi connectivity index (χ1v) is 10.8. The molecule has 0 radical (unpaired) electrons. The maximum Gasteiger partial charge on any atom is 0.341 e. The summed E-state index contributed by atoms with van der Waals surface area (Å²) in [5, 5.41) is 3.33. The summed E-state index contributed by atoms with van der Waals surface area (Å²) in [6, 6.07) is 7.45. The molecule has 0 fully saturated rings. The molecule has 1 aliphatic heterocycles. The highest BCUT2D eigenvalue weighted by Gasteiger charge is 2.30. The quantitative estimate of drug-likeness (QED) is 0.555. The van der Waals surface area contributed by atoms with Crippen molar-refractivity contribution in [2.45, 2.75) is 24.8 Å². The normalized spacial score (nSPS) is 12.9. The van der Waals surface area contributed by atoms with Crippen molar-refractivity contribution in [2.75, 3.05) is 31.8 Å². The van der Waals surface area contributed by atoms with Crippen LogP contribution in [0.2, 0.25) is 0 Å². The lowest BCUT2D eigenvalue weighted by atomic mass is 10.0. The molecule has 2 amide bonds. The minimum absolute atomic E-state index is 0.00912. The van der Waals surface area contributed by atoms with Gasteiger partial charge < -0.3 is 19.7 Å². The van der Waals surface area contributed by atoms with Gasteiger partial charge in [-0.25, -0.2) is 4.79 Å². The highest BCUT2D eigenvalue weighted by molar-refractivity contribution is 8.00. The van der Waals surface area contributed by atoms with Crippen molar-refractivity contribution in [3.05, 3.63) is 40.3 Å². The van der Waals surface area contributed by atoms with Crippen LogP contribution in [0.3, 0.4) is 0 Å². The summed E-state index contributed by atoms with van der Waals surface area (Å²) < 4.78 is 10.1. The molecule has 0 unspecified atom stereocenters. The third-order valence-corrected chi connectivity index (χ3v) is 6.72. The molecule has 1 N–H and O–H groups in total. The molecule has 0 atom stereocenters. The molecule has 1 aliphatic rings. The van der Waals surface area contributed by atoms with Crippen molar-refractivity contribution in [2.24, 2.45) is 0 Å². The number of ether oxygens (including phenoxy) is 2. The van der Waals surface area contributed by atoms with Crippen LogP contribution in [0, 0.1) is 0 Å². The molecule has 0 bridgehead atoms. The Morgan fingerprint density at radius 1 is 1.21 bits per heavy atom. The Kier molecular flexibility index (Phi) is 6.81. The highest BCUT2D eigenvalue weighted by atomic mass is 32.2. The number of rotatable bonds is 6. The minimum atomic E-state index is -0.475. The molecule has 3 rings (SSSR count). The van der Waals surface area contributed by atoms with Gasteiger partial charge in [0, 0.05) is 23.2 Å². The Hall–Kier alpha value is -2.52. The first kappa shape index (κ1) is 21.2. The number of thioether (sulfide) groups is 1. The van der Waals surface area contributed by atoms with Gasteiger partial charge in [-0.15, -0.1) is 23.1 Å². The summed E-state index contributed by atoms with van der Waals surface area (Å²) in [7, 11) is 2.92. The van der Waals surface area contributed by atoms with E-state index in [2.05, 4.69) is 5.32 Å². The average molecular weight is 435 g/mol. The Balaban J connectivity index is 1.72.